The van der Waals surface area contributed by atoms with Crippen molar-refractivity contribution in [1.29, 1.82) is 0 Å². The SMILES string of the molecule is Cc1nc2cc(C(=O)NCCC3=CCCCC3)ccc2n1-c1cccc(Cl)c1. The molecule has 1 aliphatic rings. The van der Waals surface area contributed by atoms with Crippen molar-refractivity contribution in [3.8, 4) is 5.69 Å². The Morgan fingerprint density at radius 2 is 2.11 bits per heavy atom. The molecule has 1 N–H and O–H groups in total. The lowest BCUT2D eigenvalue weighted by Crippen LogP contribution is -2.24. The van der Waals surface area contributed by atoms with Crippen LogP contribution in [0.1, 0.15) is 48.3 Å². The van der Waals surface area contributed by atoms with Gasteiger partial charge in [0.25, 0.3) is 5.91 Å². The lowest BCUT2D eigenvalue weighted by Gasteiger charge is -2.13. The van der Waals surface area contributed by atoms with Crippen molar-refractivity contribution in [2.24, 2.45) is 0 Å². The van der Waals surface area contributed by atoms with E-state index in [-0.39, 0.29) is 5.91 Å². The van der Waals surface area contributed by atoms with Crippen molar-refractivity contribution in [3.05, 3.63) is 70.5 Å². The third-order valence-electron chi connectivity index (χ3n) is 5.27. The molecule has 144 valence electrons. The highest BCUT2D eigenvalue weighted by molar-refractivity contribution is 6.30. The van der Waals surface area contributed by atoms with Gasteiger partial charge >= 0.3 is 0 Å². The number of hydrogen-bond acceptors (Lipinski definition) is 2. The number of amides is 1. The van der Waals surface area contributed by atoms with Crippen LogP contribution in [0.2, 0.25) is 5.02 Å². The molecule has 2 aromatic carbocycles. The number of aromatic nitrogens is 2. The van der Waals surface area contributed by atoms with Crippen LogP contribution < -0.4 is 5.32 Å². The fraction of sp³-hybridized carbons (Fsp3) is 0.304. The van der Waals surface area contributed by atoms with Crippen molar-refractivity contribution >= 4 is 28.5 Å². The number of benzene rings is 2. The van der Waals surface area contributed by atoms with Gasteiger partial charge in [-0.3, -0.25) is 9.36 Å². The normalized spacial score (nSPS) is 14.1. The highest BCUT2D eigenvalue weighted by Crippen LogP contribution is 2.24. The third-order valence-corrected chi connectivity index (χ3v) is 5.50. The Hall–Kier alpha value is -2.59. The summed E-state index contributed by atoms with van der Waals surface area (Å²) in [5.41, 5.74) is 4.84. The monoisotopic (exact) mass is 393 g/mol. The standard InChI is InChI=1S/C23H24ClN3O/c1-16-26-21-14-18(23(28)25-13-12-17-6-3-2-4-7-17)10-11-22(21)27(16)20-9-5-8-19(24)15-20/h5-6,8-11,14-15H,2-4,7,12-13H2,1H3,(H,25,28). The van der Waals surface area contributed by atoms with E-state index in [1.165, 1.54) is 31.3 Å². The van der Waals surface area contributed by atoms with E-state index in [0.29, 0.717) is 17.1 Å². The number of halogens is 1. The van der Waals surface area contributed by atoms with Gasteiger partial charge < -0.3 is 5.32 Å². The maximum Gasteiger partial charge on any atom is 0.251 e. The largest absolute Gasteiger partial charge is 0.352 e. The number of hydrogen-bond donors (Lipinski definition) is 1. The molecular formula is C23H24ClN3O. The van der Waals surface area contributed by atoms with Crippen molar-refractivity contribution in [3.63, 3.8) is 0 Å². The summed E-state index contributed by atoms with van der Waals surface area (Å²) in [7, 11) is 0. The molecule has 1 aromatic heterocycles. The van der Waals surface area contributed by atoms with Gasteiger partial charge in [0.2, 0.25) is 0 Å². The summed E-state index contributed by atoms with van der Waals surface area (Å²) < 4.78 is 2.05. The van der Waals surface area contributed by atoms with Gasteiger partial charge in [-0.05, 0) is 75.4 Å². The Morgan fingerprint density at radius 1 is 1.21 bits per heavy atom. The van der Waals surface area contributed by atoms with Gasteiger partial charge in [0, 0.05) is 22.8 Å². The van der Waals surface area contributed by atoms with Gasteiger partial charge in [-0.15, -0.1) is 0 Å². The van der Waals surface area contributed by atoms with Gasteiger partial charge in [0.15, 0.2) is 0 Å². The van der Waals surface area contributed by atoms with Gasteiger partial charge in [-0.2, -0.15) is 0 Å². The van der Waals surface area contributed by atoms with Crippen LogP contribution in [0.25, 0.3) is 16.7 Å². The molecule has 5 heteroatoms. The minimum absolute atomic E-state index is 0.0479. The van der Waals surface area contributed by atoms with Crippen LogP contribution >= 0.6 is 11.6 Å². The first-order valence-electron chi connectivity index (χ1n) is 9.83. The fourth-order valence-electron chi connectivity index (χ4n) is 3.85. The second kappa shape index (κ2) is 8.19. The van der Waals surface area contributed by atoms with Crippen molar-refractivity contribution in [2.45, 2.75) is 39.0 Å². The zero-order valence-corrected chi connectivity index (χ0v) is 16.8. The van der Waals surface area contributed by atoms with Crippen LogP contribution in [0.4, 0.5) is 0 Å². The number of fused-ring (bicyclic) bond motifs is 1. The molecule has 0 fully saturated rings. The minimum Gasteiger partial charge on any atom is -0.352 e. The zero-order chi connectivity index (χ0) is 19.5. The average Bonchev–Trinajstić information content (AvgIpc) is 3.03. The first-order valence-corrected chi connectivity index (χ1v) is 10.2. The van der Waals surface area contributed by atoms with Crippen molar-refractivity contribution < 1.29 is 4.79 Å². The van der Waals surface area contributed by atoms with E-state index >= 15 is 0 Å². The Labute approximate surface area is 170 Å². The topological polar surface area (TPSA) is 46.9 Å². The molecule has 3 aromatic rings. The number of carbonyl (C=O) groups is 1. The molecule has 0 saturated heterocycles. The van der Waals surface area contributed by atoms with Crippen molar-refractivity contribution in [1.82, 2.24) is 14.9 Å². The highest BCUT2D eigenvalue weighted by Gasteiger charge is 2.13. The molecule has 4 nitrogen and oxygen atoms in total. The summed E-state index contributed by atoms with van der Waals surface area (Å²) >= 11 is 6.15. The Morgan fingerprint density at radius 3 is 2.89 bits per heavy atom. The molecule has 4 rings (SSSR count). The van der Waals surface area contributed by atoms with Gasteiger partial charge in [0.1, 0.15) is 5.82 Å². The first kappa shape index (κ1) is 18.8. The molecule has 0 aliphatic heterocycles. The maximum absolute atomic E-state index is 12.6. The van der Waals surface area contributed by atoms with Gasteiger partial charge in [-0.25, -0.2) is 4.98 Å². The highest BCUT2D eigenvalue weighted by atomic mass is 35.5. The predicted molar refractivity (Wildman–Crippen MR) is 114 cm³/mol. The Kier molecular flexibility index (Phi) is 5.49. The minimum atomic E-state index is -0.0479. The smallest absolute Gasteiger partial charge is 0.251 e. The van der Waals surface area contributed by atoms with E-state index in [1.807, 2.05) is 49.4 Å². The van der Waals surface area contributed by atoms with Crippen LogP contribution in [0.15, 0.2) is 54.1 Å². The zero-order valence-electron chi connectivity index (χ0n) is 16.0. The van der Waals surface area contributed by atoms with E-state index in [1.54, 1.807) is 0 Å². The molecule has 0 radical (unpaired) electrons. The quantitative estimate of drug-likeness (QED) is 0.573. The molecule has 1 heterocycles. The van der Waals surface area contributed by atoms with Gasteiger partial charge in [-0.1, -0.05) is 29.3 Å². The summed E-state index contributed by atoms with van der Waals surface area (Å²) in [6, 6.07) is 13.4. The number of rotatable bonds is 5. The molecule has 1 aliphatic carbocycles. The number of nitrogens with one attached hydrogen (secondary N) is 1. The van der Waals surface area contributed by atoms with Crippen molar-refractivity contribution in [2.75, 3.05) is 6.54 Å². The van der Waals surface area contributed by atoms with Crippen LogP contribution in [0.3, 0.4) is 0 Å². The molecular weight excluding hydrogens is 370 g/mol. The third kappa shape index (κ3) is 3.97. The molecule has 0 spiro atoms. The van der Waals surface area contributed by atoms with E-state index in [4.69, 9.17) is 11.6 Å². The summed E-state index contributed by atoms with van der Waals surface area (Å²) in [5.74, 6) is 0.812. The van der Waals surface area contributed by atoms with Crippen LogP contribution in [0, 0.1) is 6.92 Å². The maximum atomic E-state index is 12.6. The van der Waals surface area contributed by atoms with Crippen LogP contribution in [0.5, 0.6) is 0 Å². The lowest BCUT2D eigenvalue weighted by atomic mass is 9.97. The summed E-state index contributed by atoms with van der Waals surface area (Å²) in [5, 5.41) is 3.72. The van der Waals surface area contributed by atoms with Gasteiger partial charge in [0.05, 0.1) is 11.0 Å². The number of aryl methyl sites for hydroxylation is 1. The second-order valence-electron chi connectivity index (χ2n) is 7.29. The van der Waals surface area contributed by atoms with E-state index in [9.17, 15) is 4.79 Å². The summed E-state index contributed by atoms with van der Waals surface area (Å²) in [4.78, 5) is 17.2. The molecule has 1 amide bonds. The van der Waals surface area contributed by atoms with E-state index in [0.717, 1.165) is 29.0 Å². The second-order valence-corrected chi connectivity index (χ2v) is 7.73. The van der Waals surface area contributed by atoms with E-state index < -0.39 is 0 Å². The Balaban J connectivity index is 1.52. The molecule has 0 bridgehead atoms. The molecule has 0 saturated carbocycles. The van der Waals surface area contributed by atoms with Crippen LogP contribution in [-0.4, -0.2) is 22.0 Å². The number of carbonyl (C=O) groups excluding carboxylic acids is 1. The molecule has 0 atom stereocenters. The number of imidazole rings is 1. The Bertz CT molecular complexity index is 1050. The average molecular weight is 394 g/mol. The number of allylic oxidation sites excluding steroid dienone is 1. The van der Waals surface area contributed by atoms with Crippen LogP contribution in [-0.2, 0) is 0 Å². The molecule has 0 unspecified atom stereocenters. The first-order chi connectivity index (χ1) is 13.6. The van der Waals surface area contributed by atoms with E-state index in [2.05, 4.69) is 20.9 Å². The fourth-order valence-corrected chi connectivity index (χ4v) is 4.04. The lowest BCUT2D eigenvalue weighted by molar-refractivity contribution is 0.0954. The number of nitrogens with zero attached hydrogens (tertiary/aromatic N) is 2. The predicted octanol–water partition coefficient (Wildman–Crippen LogP) is 5.61. The molecule has 28 heavy (non-hydrogen) atoms. The summed E-state index contributed by atoms with van der Waals surface area (Å²) in [6.07, 6.45) is 8.17. The summed E-state index contributed by atoms with van der Waals surface area (Å²) in [6.45, 7) is 2.64.